The van der Waals surface area contributed by atoms with Crippen LogP contribution in [0.2, 0.25) is 0 Å². The van der Waals surface area contributed by atoms with Crippen LogP contribution < -0.4 is 5.32 Å². The van der Waals surface area contributed by atoms with Crippen LogP contribution in [0.1, 0.15) is 36.3 Å². The molecule has 1 aromatic heterocycles. The Hall–Kier alpha value is -0.490. The molecule has 1 unspecified atom stereocenters. The fraction of sp³-hybridized carbons (Fsp3) is 0.769. The van der Waals surface area contributed by atoms with Crippen molar-refractivity contribution < 1.29 is 9.47 Å². The lowest BCUT2D eigenvalue weighted by Gasteiger charge is -2.07. The molecule has 0 aliphatic carbocycles. The van der Waals surface area contributed by atoms with E-state index >= 15 is 0 Å². The number of rotatable bonds is 8. The third kappa shape index (κ3) is 5.02. The molecule has 0 aliphatic rings. The molecule has 0 bridgehead atoms. The maximum atomic E-state index is 5.28. The second-order valence-corrected chi connectivity index (χ2v) is 5.86. The van der Waals surface area contributed by atoms with Gasteiger partial charge in [0, 0.05) is 38.1 Å². The fourth-order valence-corrected chi connectivity index (χ4v) is 2.67. The zero-order valence-electron chi connectivity index (χ0n) is 11.9. The van der Waals surface area contributed by atoms with Gasteiger partial charge in [-0.1, -0.05) is 13.8 Å². The predicted octanol–water partition coefficient (Wildman–Crippen LogP) is 2.36. The highest BCUT2D eigenvalue weighted by Gasteiger charge is 2.13. The average molecular weight is 272 g/mol. The second kappa shape index (κ2) is 7.84. The number of hydrogen-bond donors (Lipinski definition) is 1. The Balaban J connectivity index is 2.73. The molecule has 5 heteroatoms. The van der Waals surface area contributed by atoms with E-state index in [4.69, 9.17) is 9.47 Å². The van der Waals surface area contributed by atoms with E-state index in [0.717, 1.165) is 23.7 Å². The maximum Gasteiger partial charge on any atom is 0.0958 e. The van der Waals surface area contributed by atoms with Gasteiger partial charge in [0.25, 0.3) is 0 Å². The number of hydrogen-bond acceptors (Lipinski definition) is 5. The SMILES string of the molecule is COCc1nc(CC(C)OC)sc1CNC(C)C. The Morgan fingerprint density at radius 1 is 1.28 bits per heavy atom. The van der Waals surface area contributed by atoms with Crippen molar-refractivity contribution in [1.82, 2.24) is 10.3 Å². The standard InChI is InChI=1S/C13H24N2O2S/c1-9(2)14-7-12-11(8-16-4)15-13(18-12)6-10(3)17-5/h9-10,14H,6-8H2,1-5H3. The average Bonchev–Trinajstić information content (AvgIpc) is 2.69. The first-order valence-corrected chi connectivity index (χ1v) is 7.11. The van der Waals surface area contributed by atoms with Crippen molar-refractivity contribution in [2.75, 3.05) is 14.2 Å². The lowest BCUT2D eigenvalue weighted by molar-refractivity contribution is 0.118. The van der Waals surface area contributed by atoms with Gasteiger partial charge < -0.3 is 14.8 Å². The third-order valence-electron chi connectivity index (χ3n) is 2.64. The highest BCUT2D eigenvalue weighted by Crippen LogP contribution is 2.21. The van der Waals surface area contributed by atoms with E-state index in [1.54, 1.807) is 25.6 Å². The first-order chi connectivity index (χ1) is 8.56. The van der Waals surface area contributed by atoms with E-state index in [1.165, 1.54) is 4.88 Å². The van der Waals surface area contributed by atoms with Gasteiger partial charge in [0.2, 0.25) is 0 Å². The van der Waals surface area contributed by atoms with E-state index in [9.17, 15) is 0 Å². The van der Waals surface area contributed by atoms with Crippen LogP contribution in [0, 0.1) is 0 Å². The van der Waals surface area contributed by atoms with Gasteiger partial charge in [-0.2, -0.15) is 0 Å². The van der Waals surface area contributed by atoms with Gasteiger partial charge in [-0.05, 0) is 6.92 Å². The number of nitrogens with zero attached hydrogens (tertiary/aromatic N) is 1. The van der Waals surface area contributed by atoms with E-state index in [-0.39, 0.29) is 6.10 Å². The van der Waals surface area contributed by atoms with Gasteiger partial charge in [-0.3, -0.25) is 0 Å². The summed E-state index contributed by atoms with van der Waals surface area (Å²) in [5.74, 6) is 0. The summed E-state index contributed by atoms with van der Waals surface area (Å²) in [7, 11) is 3.44. The smallest absolute Gasteiger partial charge is 0.0958 e. The van der Waals surface area contributed by atoms with Gasteiger partial charge in [0.1, 0.15) is 0 Å². The summed E-state index contributed by atoms with van der Waals surface area (Å²) >= 11 is 1.75. The lowest BCUT2D eigenvalue weighted by Crippen LogP contribution is -2.21. The summed E-state index contributed by atoms with van der Waals surface area (Å²) in [4.78, 5) is 5.91. The van der Waals surface area contributed by atoms with Crippen LogP contribution >= 0.6 is 11.3 Å². The number of thiazole rings is 1. The van der Waals surface area contributed by atoms with Crippen molar-refractivity contribution in [3.63, 3.8) is 0 Å². The Morgan fingerprint density at radius 3 is 2.56 bits per heavy atom. The maximum absolute atomic E-state index is 5.28. The minimum absolute atomic E-state index is 0.206. The molecular formula is C13H24N2O2S. The molecule has 0 radical (unpaired) electrons. The highest BCUT2D eigenvalue weighted by atomic mass is 32.1. The van der Waals surface area contributed by atoms with Gasteiger partial charge in [0.15, 0.2) is 0 Å². The number of ether oxygens (including phenoxy) is 2. The summed E-state index contributed by atoms with van der Waals surface area (Å²) in [5, 5.41) is 4.55. The summed E-state index contributed by atoms with van der Waals surface area (Å²) in [5.41, 5.74) is 1.05. The first kappa shape index (κ1) is 15.6. The number of aromatic nitrogens is 1. The first-order valence-electron chi connectivity index (χ1n) is 6.29. The zero-order chi connectivity index (χ0) is 13.5. The van der Waals surface area contributed by atoms with Crippen molar-refractivity contribution in [2.24, 2.45) is 0 Å². The molecule has 0 fully saturated rings. The predicted molar refractivity (Wildman–Crippen MR) is 75.0 cm³/mol. The van der Waals surface area contributed by atoms with Crippen molar-refractivity contribution in [2.45, 2.75) is 52.5 Å². The summed E-state index contributed by atoms with van der Waals surface area (Å²) < 4.78 is 10.5. The molecule has 0 saturated carbocycles. The molecule has 0 amide bonds. The van der Waals surface area contributed by atoms with Gasteiger partial charge in [0.05, 0.1) is 23.4 Å². The largest absolute Gasteiger partial charge is 0.381 e. The van der Waals surface area contributed by atoms with E-state index in [2.05, 4.69) is 31.1 Å². The molecule has 1 atom stereocenters. The van der Waals surface area contributed by atoms with E-state index < -0.39 is 0 Å². The molecular weight excluding hydrogens is 248 g/mol. The summed E-state index contributed by atoms with van der Waals surface area (Å²) in [6.45, 7) is 7.78. The Morgan fingerprint density at radius 2 is 2.00 bits per heavy atom. The molecule has 0 spiro atoms. The van der Waals surface area contributed by atoms with Crippen LogP contribution in [-0.2, 0) is 29.0 Å². The van der Waals surface area contributed by atoms with Crippen LogP contribution in [0.4, 0.5) is 0 Å². The molecule has 18 heavy (non-hydrogen) atoms. The van der Waals surface area contributed by atoms with Gasteiger partial charge in [-0.15, -0.1) is 11.3 Å². The molecule has 1 rings (SSSR count). The van der Waals surface area contributed by atoms with Crippen molar-refractivity contribution in [1.29, 1.82) is 0 Å². The monoisotopic (exact) mass is 272 g/mol. The van der Waals surface area contributed by atoms with Crippen LogP contribution in [0.3, 0.4) is 0 Å². The molecule has 0 aliphatic heterocycles. The highest BCUT2D eigenvalue weighted by molar-refractivity contribution is 7.11. The fourth-order valence-electron chi connectivity index (χ4n) is 1.54. The molecule has 1 N–H and O–H groups in total. The molecule has 4 nitrogen and oxygen atoms in total. The zero-order valence-corrected chi connectivity index (χ0v) is 12.8. The normalized spacial score (nSPS) is 13.2. The van der Waals surface area contributed by atoms with E-state index in [0.29, 0.717) is 12.6 Å². The van der Waals surface area contributed by atoms with Gasteiger partial charge >= 0.3 is 0 Å². The Kier molecular flexibility index (Phi) is 6.78. The van der Waals surface area contributed by atoms with E-state index in [1.807, 2.05) is 0 Å². The molecule has 1 heterocycles. The lowest BCUT2D eigenvalue weighted by atomic mass is 10.3. The molecule has 1 aromatic rings. The Labute approximate surface area is 114 Å². The molecule has 0 aromatic carbocycles. The second-order valence-electron chi connectivity index (χ2n) is 4.70. The molecule has 0 saturated heterocycles. The van der Waals surface area contributed by atoms with Crippen LogP contribution in [0.25, 0.3) is 0 Å². The van der Waals surface area contributed by atoms with Crippen molar-refractivity contribution >= 4 is 11.3 Å². The van der Waals surface area contributed by atoms with Crippen molar-refractivity contribution in [3.8, 4) is 0 Å². The Bertz CT molecular complexity index is 353. The minimum Gasteiger partial charge on any atom is -0.381 e. The third-order valence-corrected chi connectivity index (χ3v) is 3.76. The summed E-state index contributed by atoms with van der Waals surface area (Å²) in [6.07, 6.45) is 1.07. The quantitative estimate of drug-likeness (QED) is 0.789. The van der Waals surface area contributed by atoms with Crippen LogP contribution in [-0.4, -0.2) is 31.3 Å². The topological polar surface area (TPSA) is 43.4 Å². The minimum atomic E-state index is 0.206. The van der Waals surface area contributed by atoms with Crippen LogP contribution in [0.5, 0.6) is 0 Å². The molecule has 104 valence electrons. The van der Waals surface area contributed by atoms with Crippen molar-refractivity contribution in [3.05, 3.63) is 15.6 Å². The van der Waals surface area contributed by atoms with Gasteiger partial charge in [-0.25, -0.2) is 4.98 Å². The summed E-state index contributed by atoms with van der Waals surface area (Å²) in [6, 6.07) is 0.476. The van der Waals surface area contributed by atoms with Crippen LogP contribution in [0.15, 0.2) is 0 Å². The number of methoxy groups -OCH3 is 2. The number of nitrogens with one attached hydrogen (secondary N) is 1.